The predicted octanol–water partition coefficient (Wildman–Crippen LogP) is 2.30. The predicted molar refractivity (Wildman–Crippen MR) is 76.1 cm³/mol. The summed E-state index contributed by atoms with van der Waals surface area (Å²) in [6.45, 7) is 0. The molecule has 0 spiro atoms. The number of aromatic hydroxyl groups is 1. The molecule has 1 amide bonds. The molecule has 0 aliphatic rings. The smallest absolute Gasteiger partial charge is 0.274 e. The Morgan fingerprint density at radius 3 is 2.81 bits per heavy atom. The maximum atomic E-state index is 13.4. The van der Waals surface area contributed by atoms with Gasteiger partial charge in [0.1, 0.15) is 17.3 Å². The van der Waals surface area contributed by atoms with Crippen molar-refractivity contribution in [2.45, 2.75) is 0 Å². The van der Waals surface area contributed by atoms with Crippen molar-refractivity contribution in [3.8, 4) is 11.5 Å². The molecule has 2 aromatic carbocycles. The van der Waals surface area contributed by atoms with Gasteiger partial charge in [-0.3, -0.25) is 4.79 Å². The number of nitrogens with zero attached hydrogens (tertiary/aromatic N) is 1. The lowest BCUT2D eigenvalue weighted by Gasteiger charge is -2.03. The molecule has 6 heteroatoms. The fraction of sp³-hybridized carbons (Fsp3) is 0.0667. The Bertz CT molecular complexity index is 686. The molecule has 2 aromatic rings. The molecule has 0 fully saturated rings. The third-order valence-corrected chi connectivity index (χ3v) is 2.72. The lowest BCUT2D eigenvalue weighted by Crippen LogP contribution is -2.18. The summed E-state index contributed by atoms with van der Waals surface area (Å²) in [6.07, 6.45) is 1.25. The van der Waals surface area contributed by atoms with Crippen LogP contribution in [0.3, 0.4) is 0 Å². The van der Waals surface area contributed by atoms with Crippen LogP contribution >= 0.6 is 0 Å². The Balaban J connectivity index is 2.09. The van der Waals surface area contributed by atoms with Crippen LogP contribution in [-0.4, -0.2) is 24.3 Å². The highest BCUT2D eigenvalue weighted by atomic mass is 19.1. The van der Waals surface area contributed by atoms with E-state index in [1.807, 2.05) is 0 Å². The molecule has 0 radical (unpaired) electrons. The van der Waals surface area contributed by atoms with Crippen LogP contribution in [0.2, 0.25) is 0 Å². The van der Waals surface area contributed by atoms with Crippen LogP contribution in [0, 0.1) is 5.82 Å². The molecule has 21 heavy (non-hydrogen) atoms. The fourth-order valence-electron chi connectivity index (χ4n) is 1.63. The van der Waals surface area contributed by atoms with Crippen molar-refractivity contribution < 1.29 is 19.0 Å². The molecule has 2 N–H and O–H groups in total. The summed E-state index contributed by atoms with van der Waals surface area (Å²) < 4.78 is 18.4. The Morgan fingerprint density at radius 2 is 2.10 bits per heavy atom. The fourth-order valence-corrected chi connectivity index (χ4v) is 1.63. The Hall–Kier alpha value is -2.89. The summed E-state index contributed by atoms with van der Waals surface area (Å²) in [7, 11) is 1.49. The first kappa shape index (κ1) is 14.5. The van der Waals surface area contributed by atoms with E-state index in [1.54, 1.807) is 18.2 Å². The average Bonchev–Trinajstić information content (AvgIpc) is 2.49. The number of ether oxygens (including phenoxy) is 1. The summed E-state index contributed by atoms with van der Waals surface area (Å²) in [5.74, 6) is -0.782. The number of halogens is 1. The third-order valence-electron chi connectivity index (χ3n) is 2.72. The molecule has 0 aliphatic carbocycles. The van der Waals surface area contributed by atoms with Crippen molar-refractivity contribution >= 4 is 12.1 Å². The number of carbonyl (C=O) groups excluding carboxylic acids is 1. The van der Waals surface area contributed by atoms with Gasteiger partial charge in [-0.2, -0.15) is 5.10 Å². The van der Waals surface area contributed by atoms with E-state index >= 15 is 0 Å². The van der Waals surface area contributed by atoms with Gasteiger partial charge in [-0.25, -0.2) is 9.82 Å². The number of phenolic OH excluding ortho intramolecular Hbond substituents is 1. The van der Waals surface area contributed by atoms with Gasteiger partial charge in [-0.1, -0.05) is 12.1 Å². The standard InChI is InChI=1S/C15H13FN2O3/c1-21-11-6-7-14(19)10(8-11)9-17-18-15(20)12-4-2-3-5-13(12)16/h2-9,19H,1H3,(H,18,20)/b17-9+. The molecule has 0 saturated heterocycles. The van der Waals surface area contributed by atoms with E-state index in [0.717, 1.165) is 0 Å². The van der Waals surface area contributed by atoms with Gasteiger partial charge in [0.15, 0.2) is 0 Å². The number of phenols is 1. The summed E-state index contributed by atoms with van der Waals surface area (Å²) >= 11 is 0. The number of rotatable bonds is 4. The number of benzene rings is 2. The highest BCUT2D eigenvalue weighted by molar-refractivity contribution is 5.95. The van der Waals surface area contributed by atoms with Crippen molar-refractivity contribution in [1.29, 1.82) is 0 Å². The normalized spacial score (nSPS) is 10.6. The van der Waals surface area contributed by atoms with Crippen molar-refractivity contribution in [2.24, 2.45) is 5.10 Å². The van der Waals surface area contributed by atoms with Crippen LogP contribution < -0.4 is 10.2 Å². The van der Waals surface area contributed by atoms with E-state index in [9.17, 15) is 14.3 Å². The number of hydrazone groups is 1. The van der Waals surface area contributed by atoms with E-state index in [-0.39, 0.29) is 11.3 Å². The first-order valence-electron chi connectivity index (χ1n) is 6.06. The molecule has 0 unspecified atom stereocenters. The van der Waals surface area contributed by atoms with Gasteiger partial charge in [0.05, 0.1) is 18.9 Å². The Morgan fingerprint density at radius 1 is 1.33 bits per heavy atom. The van der Waals surface area contributed by atoms with E-state index in [1.165, 1.54) is 37.6 Å². The van der Waals surface area contributed by atoms with E-state index in [4.69, 9.17) is 4.74 Å². The van der Waals surface area contributed by atoms with Crippen molar-refractivity contribution in [3.63, 3.8) is 0 Å². The monoisotopic (exact) mass is 288 g/mol. The van der Waals surface area contributed by atoms with Gasteiger partial charge in [-0.15, -0.1) is 0 Å². The zero-order chi connectivity index (χ0) is 15.2. The maximum Gasteiger partial charge on any atom is 0.274 e. The number of nitrogens with one attached hydrogen (secondary N) is 1. The summed E-state index contributed by atoms with van der Waals surface area (Å²) in [4.78, 5) is 11.7. The van der Waals surface area contributed by atoms with Gasteiger partial charge in [0.2, 0.25) is 0 Å². The van der Waals surface area contributed by atoms with Crippen LogP contribution in [0.15, 0.2) is 47.6 Å². The highest BCUT2D eigenvalue weighted by Gasteiger charge is 2.09. The van der Waals surface area contributed by atoms with Crippen molar-refractivity contribution in [2.75, 3.05) is 7.11 Å². The average molecular weight is 288 g/mol. The minimum atomic E-state index is -0.674. The largest absolute Gasteiger partial charge is 0.507 e. The zero-order valence-electron chi connectivity index (χ0n) is 11.2. The number of hydrogen-bond donors (Lipinski definition) is 2. The van der Waals surface area contributed by atoms with Crippen molar-refractivity contribution in [1.82, 2.24) is 5.43 Å². The lowest BCUT2D eigenvalue weighted by atomic mass is 10.2. The van der Waals surface area contributed by atoms with Crippen LogP contribution in [-0.2, 0) is 0 Å². The highest BCUT2D eigenvalue weighted by Crippen LogP contribution is 2.20. The SMILES string of the molecule is COc1ccc(O)c(/C=N/NC(=O)c2ccccc2F)c1. The molecule has 5 nitrogen and oxygen atoms in total. The van der Waals surface area contributed by atoms with Crippen molar-refractivity contribution in [3.05, 3.63) is 59.4 Å². The molecule has 108 valence electrons. The second-order valence-electron chi connectivity index (χ2n) is 4.10. The summed E-state index contributed by atoms with van der Waals surface area (Å²) in [6, 6.07) is 10.2. The summed E-state index contributed by atoms with van der Waals surface area (Å²) in [5, 5.41) is 13.3. The first-order valence-corrected chi connectivity index (χ1v) is 6.06. The zero-order valence-corrected chi connectivity index (χ0v) is 11.2. The van der Waals surface area contributed by atoms with Gasteiger partial charge in [0.25, 0.3) is 5.91 Å². The maximum absolute atomic E-state index is 13.4. The first-order chi connectivity index (χ1) is 10.1. The molecule has 2 rings (SSSR count). The second-order valence-corrected chi connectivity index (χ2v) is 4.10. The molecule has 0 saturated carbocycles. The van der Waals surface area contributed by atoms with Crippen LogP contribution in [0.1, 0.15) is 15.9 Å². The van der Waals surface area contributed by atoms with Gasteiger partial charge < -0.3 is 9.84 Å². The number of methoxy groups -OCH3 is 1. The second kappa shape index (κ2) is 6.51. The minimum absolute atomic E-state index is 0.0142. The minimum Gasteiger partial charge on any atom is -0.507 e. The quantitative estimate of drug-likeness (QED) is 0.670. The molecule has 0 heterocycles. The number of hydrogen-bond acceptors (Lipinski definition) is 4. The van der Waals surface area contributed by atoms with Crippen LogP contribution in [0.5, 0.6) is 11.5 Å². The van der Waals surface area contributed by atoms with Crippen LogP contribution in [0.4, 0.5) is 4.39 Å². The molecule has 0 aromatic heterocycles. The third kappa shape index (κ3) is 3.56. The Kier molecular flexibility index (Phi) is 4.50. The lowest BCUT2D eigenvalue weighted by molar-refractivity contribution is 0.0951. The van der Waals surface area contributed by atoms with Gasteiger partial charge in [0, 0.05) is 5.56 Å². The van der Waals surface area contributed by atoms with Crippen LogP contribution in [0.25, 0.3) is 0 Å². The molecule has 0 aliphatic heterocycles. The topological polar surface area (TPSA) is 70.9 Å². The molecular weight excluding hydrogens is 275 g/mol. The van der Waals surface area contributed by atoms with Gasteiger partial charge in [-0.05, 0) is 30.3 Å². The van der Waals surface area contributed by atoms with E-state index in [2.05, 4.69) is 10.5 Å². The van der Waals surface area contributed by atoms with E-state index in [0.29, 0.717) is 11.3 Å². The Labute approximate surface area is 120 Å². The van der Waals surface area contributed by atoms with Gasteiger partial charge >= 0.3 is 0 Å². The number of carbonyl (C=O) groups is 1. The molecular formula is C15H13FN2O3. The number of amides is 1. The van der Waals surface area contributed by atoms with E-state index < -0.39 is 11.7 Å². The molecule has 0 atom stereocenters. The molecule has 0 bridgehead atoms. The summed E-state index contributed by atoms with van der Waals surface area (Å²) in [5.41, 5.74) is 2.45.